The van der Waals surface area contributed by atoms with E-state index in [1.807, 2.05) is 45.9 Å². The van der Waals surface area contributed by atoms with Gasteiger partial charge in [0.1, 0.15) is 12.1 Å². The third-order valence-electron chi connectivity index (χ3n) is 5.20. The molecule has 7 heteroatoms. The summed E-state index contributed by atoms with van der Waals surface area (Å²) < 4.78 is 3.00. The van der Waals surface area contributed by atoms with E-state index < -0.39 is 0 Å². The Morgan fingerprint density at radius 1 is 1.21 bits per heavy atom. The highest BCUT2D eigenvalue weighted by molar-refractivity contribution is 5.94. The maximum Gasteiger partial charge on any atom is 0.293 e. The first-order chi connectivity index (χ1) is 13.3. The van der Waals surface area contributed by atoms with Crippen LogP contribution in [0.3, 0.4) is 0 Å². The molecule has 1 aromatic carbocycles. The number of anilines is 1. The molecule has 1 amide bonds. The van der Waals surface area contributed by atoms with Crippen LogP contribution in [-0.2, 0) is 23.3 Å². The molecule has 1 aliphatic heterocycles. The van der Waals surface area contributed by atoms with Gasteiger partial charge in [0.05, 0.1) is 17.4 Å². The molecule has 0 saturated heterocycles. The van der Waals surface area contributed by atoms with Gasteiger partial charge in [-0.15, -0.1) is 0 Å². The second-order valence-corrected chi connectivity index (χ2v) is 8.32. The topological polar surface area (TPSA) is 73.0 Å². The average Bonchev–Trinajstić information content (AvgIpc) is 3.12. The van der Waals surface area contributed by atoms with Crippen molar-refractivity contribution in [2.45, 2.75) is 52.6 Å². The van der Waals surface area contributed by atoms with Gasteiger partial charge in [0.25, 0.3) is 5.56 Å². The number of para-hydroxylation sites is 1. The number of aromatic nitrogens is 4. The van der Waals surface area contributed by atoms with Gasteiger partial charge in [-0.3, -0.25) is 14.3 Å². The van der Waals surface area contributed by atoms with Crippen LogP contribution in [0, 0.1) is 6.92 Å². The number of amides is 1. The monoisotopic (exact) mass is 379 g/mol. The number of hydrogen-bond donors (Lipinski definition) is 0. The minimum absolute atomic E-state index is 0.0841. The van der Waals surface area contributed by atoms with E-state index in [1.165, 1.54) is 10.2 Å². The van der Waals surface area contributed by atoms with Crippen LogP contribution in [0.2, 0.25) is 0 Å². The zero-order valence-corrected chi connectivity index (χ0v) is 16.8. The smallest absolute Gasteiger partial charge is 0.293 e. The SMILES string of the molecule is Cc1nn(CC(=O)N2CCCc3ccccc32)c(=O)c2c1cnn2C(C)(C)C. The Morgan fingerprint density at radius 3 is 2.71 bits per heavy atom. The number of carbonyl (C=O) groups excluding carboxylic acids is 1. The summed E-state index contributed by atoms with van der Waals surface area (Å²) in [5.74, 6) is -0.123. The quantitative estimate of drug-likeness (QED) is 0.686. The molecule has 0 unspecified atom stereocenters. The molecule has 7 nitrogen and oxygen atoms in total. The van der Waals surface area contributed by atoms with E-state index in [0.29, 0.717) is 17.8 Å². The van der Waals surface area contributed by atoms with Crippen molar-refractivity contribution in [3.8, 4) is 0 Å². The van der Waals surface area contributed by atoms with Gasteiger partial charge >= 0.3 is 0 Å². The van der Waals surface area contributed by atoms with Crippen molar-refractivity contribution < 1.29 is 4.79 Å². The Bertz CT molecular complexity index is 1120. The van der Waals surface area contributed by atoms with Crippen molar-refractivity contribution >= 4 is 22.5 Å². The van der Waals surface area contributed by atoms with Gasteiger partial charge in [-0.05, 0) is 52.2 Å². The van der Waals surface area contributed by atoms with Crippen LogP contribution in [0.5, 0.6) is 0 Å². The van der Waals surface area contributed by atoms with Crippen LogP contribution in [0.4, 0.5) is 5.69 Å². The van der Waals surface area contributed by atoms with E-state index >= 15 is 0 Å². The lowest BCUT2D eigenvalue weighted by Crippen LogP contribution is -2.41. The highest BCUT2D eigenvalue weighted by atomic mass is 16.2. The van der Waals surface area contributed by atoms with E-state index in [4.69, 9.17) is 0 Å². The minimum atomic E-state index is -0.345. The summed E-state index contributed by atoms with van der Waals surface area (Å²) in [5, 5.41) is 9.52. The highest BCUT2D eigenvalue weighted by Gasteiger charge is 2.25. The predicted molar refractivity (Wildman–Crippen MR) is 109 cm³/mol. The third-order valence-corrected chi connectivity index (χ3v) is 5.20. The lowest BCUT2D eigenvalue weighted by atomic mass is 10.0. The zero-order chi connectivity index (χ0) is 20.1. The number of benzene rings is 1. The number of aryl methyl sites for hydroxylation is 2. The maximum absolute atomic E-state index is 13.1. The van der Waals surface area contributed by atoms with Crippen LogP contribution < -0.4 is 10.5 Å². The lowest BCUT2D eigenvalue weighted by Gasteiger charge is -2.29. The summed E-state index contributed by atoms with van der Waals surface area (Å²) >= 11 is 0. The second-order valence-electron chi connectivity index (χ2n) is 8.32. The molecule has 1 aliphatic rings. The first kappa shape index (κ1) is 18.4. The fourth-order valence-corrected chi connectivity index (χ4v) is 3.84. The number of carbonyl (C=O) groups is 1. The molecule has 0 atom stereocenters. The van der Waals surface area contributed by atoms with Gasteiger partial charge in [0.15, 0.2) is 0 Å². The van der Waals surface area contributed by atoms with Crippen LogP contribution in [-0.4, -0.2) is 32.0 Å². The van der Waals surface area contributed by atoms with E-state index in [2.05, 4.69) is 16.3 Å². The highest BCUT2D eigenvalue weighted by Crippen LogP contribution is 2.27. The van der Waals surface area contributed by atoms with Crippen molar-refractivity contribution in [3.63, 3.8) is 0 Å². The molecule has 0 spiro atoms. The third kappa shape index (κ3) is 3.00. The first-order valence-corrected chi connectivity index (χ1v) is 9.61. The Kier molecular flexibility index (Phi) is 4.33. The minimum Gasteiger partial charge on any atom is -0.311 e. The summed E-state index contributed by atoms with van der Waals surface area (Å²) in [6.07, 6.45) is 3.56. The zero-order valence-electron chi connectivity index (χ0n) is 16.8. The molecule has 0 radical (unpaired) electrons. The molecule has 0 aliphatic carbocycles. The van der Waals surface area contributed by atoms with E-state index in [-0.39, 0.29) is 23.6 Å². The van der Waals surface area contributed by atoms with Gasteiger partial charge in [-0.25, -0.2) is 4.68 Å². The van der Waals surface area contributed by atoms with E-state index in [0.717, 1.165) is 23.9 Å². The molecule has 4 rings (SSSR count). The number of fused-ring (bicyclic) bond motifs is 2. The van der Waals surface area contributed by atoms with Crippen molar-refractivity contribution in [2.75, 3.05) is 11.4 Å². The molecule has 3 heterocycles. The molecule has 3 aromatic rings. The Morgan fingerprint density at radius 2 is 1.96 bits per heavy atom. The molecule has 146 valence electrons. The van der Waals surface area contributed by atoms with Gasteiger partial charge in [-0.1, -0.05) is 18.2 Å². The number of hydrogen-bond acceptors (Lipinski definition) is 4. The molecular weight excluding hydrogens is 354 g/mol. The van der Waals surface area contributed by atoms with E-state index in [1.54, 1.807) is 15.8 Å². The van der Waals surface area contributed by atoms with E-state index in [9.17, 15) is 9.59 Å². The van der Waals surface area contributed by atoms with Gasteiger partial charge in [-0.2, -0.15) is 10.2 Å². The number of nitrogens with zero attached hydrogens (tertiary/aromatic N) is 5. The molecule has 0 fully saturated rings. The van der Waals surface area contributed by atoms with Gasteiger partial charge in [0.2, 0.25) is 5.91 Å². The van der Waals surface area contributed by atoms with Crippen LogP contribution in [0.15, 0.2) is 35.3 Å². The summed E-state index contributed by atoms with van der Waals surface area (Å²) in [6.45, 7) is 8.40. The van der Waals surface area contributed by atoms with Gasteiger partial charge < -0.3 is 4.90 Å². The second kappa shape index (κ2) is 6.58. The Balaban J connectivity index is 1.74. The molecule has 2 aromatic heterocycles. The lowest BCUT2D eigenvalue weighted by molar-refractivity contribution is -0.119. The molecule has 0 N–H and O–H groups in total. The summed E-state index contributed by atoms with van der Waals surface area (Å²) in [6, 6.07) is 7.94. The molecule has 0 bridgehead atoms. The van der Waals surface area contributed by atoms with Crippen LogP contribution in [0.25, 0.3) is 10.9 Å². The van der Waals surface area contributed by atoms with Crippen molar-refractivity contribution in [1.29, 1.82) is 0 Å². The Labute approximate surface area is 163 Å². The van der Waals surface area contributed by atoms with Crippen molar-refractivity contribution in [1.82, 2.24) is 19.6 Å². The normalized spacial score (nSPS) is 14.4. The molecule has 0 saturated carbocycles. The average molecular weight is 379 g/mol. The van der Waals surface area contributed by atoms with Crippen LogP contribution >= 0.6 is 0 Å². The van der Waals surface area contributed by atoms with Crippen molar-refractivity contribution in [2.24, 2.45) is 0 Å². The summed E-state index contributed by atoms with van der Waals surface area (Å²) in [4.78, 5) is 28.0. The number of rotatable bonds is 2. The molecular formula is C21H25N5O2. The van der Waals surface area contributed by atoms with Crippen molar-refractivity contribution in [3.05, 3.63) is 52.1 Å². The molecule has 28 heavy (non-hydrogen) atoms. The fraction of sp³-hybridized carbons (Fsp3) is 0.429. The predicted octanol–water partition coefficient (Wildman–Crippen LogP) is 2.64. The standard InChI is InChI=1S/C21H25N5O2/c1-14-16-12-22-26(21(2,3)4)19(16)20(28)25(23-14)13-18(27)24-11-7-9-15-8-5-6-10-17(15)24/h5-6,8,10,12H,7,9,11,13H2,1-4H3. The summed E-state index contributed by atoms with van der Waals surface area (Å²) in [5.41, 5.74) is 2.65. The van der Waals surface area contributed by atoms with Crippen LogP contribution in [0.1, 0.15) is 38.4 Å². The maximum atomic E-state index is 13.1. The fourth-order valence-electron chi connectivity index (χ4n) is 3.84. The largest absolute Gasteiger partial charge is 0.311 e. The Hall–Kier alpha value is -2.96. The summed E-state index contributed by atoms with van der Waals surface area (Å²) in [7, 11) is 0. The first-order valence-electron chi connectivity index (χ1n) is 9.61. The van der Waals surface area contributed by atoms with Gasteiger partial charge in [0, 0.05) is 17.6 Å².